The summed E-state index contributed by atoms with van der Waals surface area (Å²) in [6.45, 7) is 3.45. The van der Waals surface area contributed by atoms with Crippen molar-refractivity contribution in [3.05, 3.63) is 34.1 Å². The van der Waals surface area contributed by atoms with Gasteiger partial charge in [0, 0.05) is 4.47 Å². The summed E-state index contributed by atoms with van der Waals surface area (Å²) in [7, 11) is -3.85. The fourth-order valence-corrected chi connectivity index (χ4v) is 2.87. The largest absolute Gasteiger partial charge is 0.398 e. The van der Waals surface area contributed by atoms with Gasteiger partial charge in [-0.15, -0.1) is 5.10 Å². The molecule has 0 fully saturated rings. The van der Waals surface area contributed by atoms with Crippen molar-refractivity contribution in [2.24, 2.45) is 0 Å². The van der Waals surface area contributed by atoms with Gasteiger partial charge in [0.15, 0.2) is 0 Å². The Balaban J connectivity index is 2.38. The number of hydrogen-bond acceptors (Lipinski definition) is 6. The van der Waals surface area contributed by atoms with Gasteiger partial charge in [0.1, 0.15) is 4.90 Å². The van der Waals surface area contributed by atoms with Gasteiger partial charge in [0.2, 0.25) is 0 Å². The van der Waals surface area contributed by atoms with Gasteiger partial charge in [0.25, 0.3) is 16.0 Å². The lowest BCUT2D eigenvalue weighted by Crippen LogP contribution is -2.17. The summed E-state index contributed by atoms with van der Waals surface area (Å²) >= 11 is 3.22. The quantitative estimate of drug-likeness (QED) is 0.807. The fourth-order valence-electron chi connectivity index (χ4n) is 1.44. The second-order valence-corrected chi connectivity index (χ2v) is 6.66. The van der Waals surface area contributed by atoms with Crippen LogP contribution in [0.2, 0.25) is 0 Å². The Morgan fingerprint density at radius 2 is 1.90 bits per heavy atom. The molecule has 0 saturated heterocycles. The summed E-state index contributed by atoms with van der Waals surface area (Å²) in [6.07, 6.45) is 0. The summed E-state index contributed by atoms with van der Waals surface area (Å²) in [6, 6.07) is 4.49. The monoisotopic (exact) mass is 357 g/mol. The molecule has 3 N–H and O–H groups in total. The van der Waals surface area contributed by atoms with Crippen molar-refractivity contribution in [3.8, 4) is 0 Å². The molecular weight excluding hydrogens is 346 g/mol. The Labute approximate surface area is 124 Å². The lowest BCUT2D eigenvalue weighted by Gasteiger charge is -2.09. The molecule has 0 bridgehead atoms. The van der Waals surface area contributed by atoms with Crippen molar-refractivity contribution >= 4 is 37.6 Å². The maximum atomic E-state index is 12.2. The first kappa shape index (κ1) is 14.7. The number of nitrogen functional groups attached to an aromatic ring is 1. The minimum atomic E-state index is -3.85. The number of aromatic nitrogens is 3. The van der Waals surface area contributed by atoms with Gasteiger partial charge >= 0.3 is 0 Å². The predicted octanol–water partition coefficient (Wildman–Crippen LogP) is 1.63. The van der Waals surface area contributed by atoms with E-state index < -0.39 is 10.0 Å². The molecule has 106 valence electrons. The van der Waals surface area contributed by atoms with Crippen molar-refractivity contribution in [3.63, 3.8) is 0 Å². The van der Waals surface area contributed by atoms with Gasteiger partial charge in [-0.3, -0.25) is 0 Å². The van der Waals surface area contributed by atoms with Crippen LogP contribution in [0.5, 0.6) is 0 Å². The summed E-state index contributed by atoms with van der Waals surface area (Å²) in [5.74, 6) is -0.0876. The van der Waals surface area contributed by atoms with Crippen LogP contribution in [-0.2, 0) is 10.0 Å². The first-order valence-corrected chi connectivity index (χ1v) is 7.83. The highest BCUT2D eigenvalue weighted by atomic mass is 79.9. The second-order valence-electron chi connectivity index (χ2n) is 4.09. The van der Waals surface area contributed by atoms with Gasteiger partial charge in [-0.05, 0) is 32.0 Å². The van der Waals surface area contributed by atoms with Gasteiger partial charge in [-0.25, -0.2) is 18.1 Å². The Bertz CT molecular complexity index is 763. The fraction of sp³-hybridized carbons (Fsp3) is 0.182. The van der Waals surface area contributed by atoms with Crippen LogP contribution < -0.4 is 10.5 Å². The van der Waals surface area contributed by atoms with Crippen LogP contribution in [0.3, 0.4) is 0 Å². The molecular formula is C11H12BrN5O2S. The average Bonchev–Trinajstić information content (AvgIpc) is 2.33. The number of benzene rings is 1. The van der Waals surface area contributed by atoms with Crippen LogP contribution >= 0.6 is 15.9 Å². The van der Waals surface area contributed by atoms with Crippen LogP contribution in [0, 0.1) is 13.8 Å². The maximum absolute atomic E-state index is 12.2. The molecule has 1 aromatic heterocycles. The van der Waals surface area contributed by atoms with E-state index in [2.05, 4.69) is 35.8 Å². The molecule has 1 aromatic carbocycles. The number of nitrogens with two attached hydrogens (primary N) is 1. The number of aryl methyl sites for hydroxylation is 2. The first-order chi connectivity index (χ1) is 9.29. The molecule has 0 saturated carbocycles. The van der Waals surface area contributed by atoms with Crippen LogP contribution in [0.4, 0.5) is 11.6 Å². The minimum Gasteiger partial charge on any atom is -0.398 e. The molecule has 0 unspecified atom stereocenters. The second kappa shape index (κ2) is 5.33. The SMILES string of the molecule is Cc1nnc(NS(=O)(=O)c2ccc(Br)cc2N)nc1C. The van der Waals surface area contributed by atoms with Crippen LogP contribution in [0.15, 0.2) is 27.6 Å². The number of nitrogens with zero attached hydrogens (tertiary/aromatic N) is 3. The zero-order valence-electron chi connectivity index (χ0n) is 10.8. The summed E-state index contributed by atoms with van der Waals surface area (Å²) in [4.78, 5) is 3.98. The highest BCUT2D eigenvalue weighted by molar-refractivity contribution is 9.10. The molecule has 1 heterocycles. The zero-order valence-corrected chi connectivity index (χ0v) is 13.2. The molecule has 0 atom stereocenters. The topological polar surface area (TPSA) is 111 Å². The molecule has 0 aliphatic carbocycles. The molecule has 2 aromatic rings. The Kier molecular flexibility index (Phi) is 3.91. The lowest BCUT2D eigenvalue weighted by molar-refractivity contribution is 0.601. The van der Waals surface area contributed by atoms with Crippen LogP contribution in [-0.4, -0.2) is 23.6 Å². The Morgan fingerprint density at radius 3 is 2.50 bits per heavy atom. The average molecular weight is 358 g/mol. The van der Waals surface area contributed by atoms with E-state index in [1.165, 1.54) is 12.1 Å². The van der Waals surface area contributed by atoms with Gasteiger partial charge in [0.05, 0.1) is 17.1 Å². The van der Waals surface area contributed by atoms with E-state index >= 15 is 0 Å². The lowest BCUT2D eigenvalue weighted by atomic mass is 10.3. The summed E-state index contributed by atoms with van der Waals surface area (Å²) in [5, 5.41) is 7.51. The van der Waals surface area contributed by atoms with Gasteiger partial charge in [-0.2, -0.15) is 5.10 Å². The number of rotatable bonds is 3. The highest BCUT2D eigenvalue weighted by Crippen LogP contribution is 2.24. The Hall–Kier alpha value is -1.74. The van der Waals surface area contributed by atoms with E-state index in [9.17, 15) is 8.42 Å². The van der Waals surface area contributed by atoms with Crippen LogP contribution in [0.1, 0.15) is 11.4 Å². The highest BCUT2D eigenvalue weighted by Gasteiger charge is 2.19. The molecule has 7 nitrogen and oxygen atoms in total. The number of anilines is 2. The van der Waals surface area contributed by atoms with E-state index in [0.29, 0.717) is 15.9 Å². The molecule has 0 spiro atoms. The molecule has 9 heteroatoms. The molecule has 0 radical (unpaired) electrons. The van der Waals surface area contributed by atoms with E-state index in [-0.39, 0.29) is 16.5 Å². The number of hydrogen-bond donors (Lipinski definition) is 2. The maximum Gasteiger partial charge on any atom is 0.266 e. The number of sulfonamides is 1. The molecule has 0 aliphatic heterocycles. The minimum absolute atomic E-state index is 0.0393. The molecule has 20 heavy (non-hydrogen) atoms. The van der Waals surface area contributed by atoms with Gasteiger partial charge < -0.3 is 5.73 Å². The van der Waals surface area contributed by atoms with E-state index in [0.717, 1.165) is 0 Å². The van der Waals surface area contributed by atoms with Crippen LogP contribution in [0.25, 0.3) is 0 Å². The summed E-state index contributed by atoms with van der Waals surface area (Å²) in [5.41, 5.74) is 7.07. The van der Waals surface area contributed by atoms with Crippen molar-refractivity contribution in [2.45, 2.75) is 18.7 Å². The Morgan fingerprint density at radius 1 is 1.20 bits per heavy atom. The molecule has 2 rings (SSSR count). The van der Waals surface area contributed by atoms with Crippen molar-refractivity contribution < 1.29 is 8.42 Å². The zero-order chi connectivity index (χ0) is 14.9. The third kappa shape index (κ3) is 3.05. The smallest absolute Gasteiger partial charge is 0.266 e. The normalized spacial score (nSPS) is 11.3. The predicted molar refractivity (Wildman–Crippen MR) is 78.7 cm³/mol. The third-order valence-electron chi connectivity index (χ3n) is 2.58. The van der Waals surface area contributed by atoms with Crippen molar-refractivity contribution in [1.82, 2.24) is 15.2 Å². The first-order valence-electron chi connectivity index (χ1n) is 5.55. The molecule has 0 amide bonds. The van der Waals surface area contributed by atoms with E-state index in [1.54, 1.807) is 19.9 Å². The van der Waals surface area contributed by atoms with E-state index in [4.69, 9.17) is 5.73 Å². The summed E-state index contributed by atoms with van der Waals surface area (Å²) < 4.78 is 27.4. The molecule has 0 aliphatic rings. The number of halogens is 1. The van der Waals surface area contributed by atoms with E-state index in [1.807, 2.05) is 0 Å². The van der Waals surface area contributed by atoms with Crippen molar-refractivity contribution in [2.75, 3.05) is 10.5 Å². The standard InChI is InChI=1S/C11H12BrN5O2S/c1-6-7(2)15-16-11(14-6)17-20(18,19)10-4-3-8(12)5-9(10)13/h3-5H,13H2,1-2H3,(H,14,16,17). The third-order valence-corrected chi connectivity index (χ3v) is 4.47. The van der Waals surface area contributed by atoms with Crippen molar-refractivity contribution in [1.29, 1.82) is 0 Å². The number of nitrogens with one attached hydrogen (secondary N) is 1. The van der Waals surface area contributed by atoms with Gasteiger partial charge in [-0.1, -0.05) is 15.9 Å².